The van der Waals surface area contributed by atoms with Gasteiger partial charge in [-0.05, 0) is 44.0 Å². The Balaban J connectivity index is 1.27. The highest BCUT2D eigenvalue weighted by molar-refractivity contribution is 7.91. The van der Waals surface area contributed by atoms with Crippen molar-refractivity contribution in [2.24, 2.45) is 0 Å². The van der Waals surface area contributed by atoms with Crippen LogP contribution in [0.2, 0.25) is 0 Å². The van der Waals surface area contributed by atoms with Crippen molar-refractivity contribution >= 4 is 27.2 Å². The molecule has 2 N–H and O–H groups in total. The van der Waals surface area contributed by atoms with Crippen molar-refractivity contribution < 1.29 is 13.2 Å². The van der Waals surface area contributed by atoms with E-state index >= 15 is 0 Å². The third kappa shape index (κ3) is 3.91. The van der Waals surface area contributed by atoms with Crippen LogP contribution in [0.4, 0.5) is 17.3 Å². The van der Waals surface area contributed by atoms with Gasteiger partial charge in [-0.3, -0.25) is 4.90 Å². The minimum Gasteiger partial charge on any atom is -0.483 e. The summed E-state index contributed by atoms with van der Waals surface area (Å²) < 4.78 is 30.3. The highest BCUT2D eigenvalue weighted by Crippen LogP contribution is 2.45. The summed E-state index contributed by atoms with van der Waals surface area (Å²) in [5, 5.41) is 7.00. The molecular weight excluding hydrogens is 452 g/mol. The number of sulfone groups is 1. The number of likely N-dealkylation sites (tertiary alicyclic amines) is 1. The van der Waals surface area contributed by atoms with Crippen LogP contribution in [0.3, 0.4) is 0 Å². The standard InChI is InChI=1S/C24H32N6O3S/c1-15-9-17(18-12-30(13-18)19-3-4-25-11-19)10-20-22(15)33-16(2)21-23(28-20)26-14-27-24(21)29-5-7-34(31,32)8-6-29/h9-10,14,16,18-19,25H,3-8,11-13H2,1-2H3,(H,26,27,28)/t16-,19?/m1/s1. The summed E-state index contributed by atoms with van der Waals surface area (Å²) in [4.78, 5) is 13.7. The Hall–Kier alpha value is -2.43. The van der Waals surface area contributed by atoms with E-state index in [0.717, 1.165) is 60.4 Å². The fourth-order valence-electron chi connectivity index (χ4n) is 5.66. The number of nitrogens with one attached hydrogen (secondary N) is 2. The molecule has 0 aliphatic carbocycles. The minimum atomic E-state index is -2.97. The van der Waals surface area contributed by atoms with E-state index in [0.29, 0.717) is 25.0 Å². The lowest BCUT2D eigenvalue weighted by Crippen LogP contribution is -2.51. The van der Waals surface area contributed by atoms with Gasteiger partial charge in [-0.15, -0.1) is 0 Å². The highest BCUT2D eigenvalue weighted by Gasteiger charge is 2.36. The molecule has 2 atom stereocenters. The maximum absolute atomic E-state index is 11.9. The fraction of sp³-hybridized carbons (Fsp3) is 0.583. The molecule has 3 saturated heterocycles. The molecule has 9 nitrogen and oxygen atoms in total. The molecule has 182 valence electrons. The molecule has 0 saturated carbocycles. The molecule has 0 spiro atoms. The zero-order chi connectivity index (χ0) is 23.4. The van der Waals surface area contributed by atoms with Gasteiger partial charge in [0.15, 0.2) is 9.84 Å². The lowest BCUT2D eigenvalue weighted by atomic mass is 9.88. The summed E-state index contributed by atoms with van der Waals surface area (Å²) in [6.45, 7) is 9.41. The topological polar surface area (TPSA) is 99.7 Å². The van der Waals surface area contributed by atoms with Gasteiger partial charge in [0.1, 0.15) is 29.8 Å². The fourth-order valence-corrected chi connectivity index (χ4v) is 6.86. The summed E-state index contributed by atoms with van der Waals surface area (Å²) in [5.41, 5.74) is 4.26. The van der Waals surface area contributed by atoms with Gasteiger partial charge in [0.05, 0.1) is 22.8 Å². The molecule has 0 bridgehead atoms. The average molecular weight is 485 g/mol. The second kappa shape index (κ2) is 8.35. The minimum absolute atomic E-state index is 0.145. The molecule has 3 fully saturated rings. The molecule has 0 amide bonds. The summed E-state index contributed by atoms with van der Waals surface area (Å²) in [7, 11) is -2.97. The van der Waals surface area contributed by atoms with Crippen molar-refractivity contribution in [2.75, 3.05) is 61.0 Å². The van der Waals surface area contributed by atoms with E-state index in [9.17, 15) is 8.42 Å². The number of fused-ring (bicyclic) bond motifs is 2. The van der Waals surface area contributed by atoms with E-state index in [1.165, 1.54) is 12.0 Å². The van der Waals surface area contributed by atoms with E-state index < -0.39 is 9.84 Å². The Morgan fingerprint density at radius 1 is 1.15 bits per heavy atom. The first-order valence-corrected chi connectivity index (χ1v) is 14.0. The van der Waals surface area contributed by atoms with Gasteiger partial charge in [0, 0.05) is 44.7 Å². The molecule has 4 aliphatic heterocycles. The van der Waals surface area contributed by atoms with Crippen LogP contribution in [0.1, 0.15) is 42.1 Å². The molecule has 0 radical (unpaired) electrons. The first-order valence-electron chi connectivity index (χ1n) is 12.2. The monoisotopic (exact) mass is 484 g/mol. The van der Waals surface area contributed by atoms with E-state index in [4.69, 9.17) is 4.74 Å². The summed E-state index contributed by atoms with van der Waals surface area (Å²) in [6, 6.07) is 5.15. The van der Waals surface area contributed by atoms with Crippen molar-refractivity contribution in [1.29, 1.82) is 0 Å². The number of aryl methyl sites for hydroxylation is 1. The molecule has 1 aromatic heterocycles. The van der Waals surface area contributed by atoms with E-state index in [-0.39, 0.29) is 17.6 Å². The van der Waals surface area contributed by atoms with Gasteiger partial charge in [-0.1, -0.05) is 6.07 Å². The van der Waals surface area contributed by atoms with Crippen LogP contribution in [0, 0.1) is 6.92 Å². The van der Waals surface area contributed by atoms with Crippen molar-refractivity contribution in [2.45, 2.75) is 38.3 Å². The zero-order valence-corrected chi connectivity index (χ0v) is 20.6. The van der Waals surface area contributed by atoms with E-state index in [1.54, 1.807) is 6.33 Å². The third-order valence-corrected chi connectivity index (χ3v) is 9.30. The maximum atomic E-state index is 11.9. The molecule has 6 rings (SSSR count). The SMILES string of the molecule is Cc1cc(C2CN(C3CCNC3)C2)cc2c1O[C@H](C)c1c(ncnc1N1CCS(=O)(=O)CC1)N2. The lowest BCUT2D eigenvalue weighted by Gasteiger charge is -2.43. The Labute approximate surface area is 200 Å². The Morgan fingerprint density at radius 3 is 2.68 bits per heavy atom. The zero-order valence-electron chi connectivity index (χ0n) is 19.7. The highest BCUT2D eigenvalue weighted by atomic mass is 32.2. The van der Waals surface area contributed by atoms with Crippen LogP contribution < -0.4 is 20.3 Å². The van der Waals surface area contributed by atoms with Crippen LogP contribution >= 0.6 is 0 Å². The number of hydrogen-bond donors (Lipinski definition) is 2. The molecule has 1 unspecified atom stereocenters. The van der Waals surface area contributed by atoms with Crippen LogP contribution in [-0.2, 0) is 9.84 Å². The number of rotatable bonds is 3. The normalized spacial score (nSPS) is 26.6. The summed E-state index contributed by atoms with van der Waals surface area (Å²) in [6.07, 6.45) is 2.53. The number of hydrogen-bond acceptors (Lipinski definition) is 9. The molecule has 34 heavy (non-hydrogen) atoms. The Bertz CT molecular complexity index is 1190. The van der Waals surface area contributed by atoms with Crippen molar-refractivity contribution in [3.8, 4) is 5.75 Å². The van der Waals surface area contributed by atoms with Crippen LogP contribution in [0.5, 0.6) is 5.75 Å². The quantitative estimate of drug-likeness (QED) is 0.677. The molecule has 4 aliphatic rings. The van der Waals surface area contributed by atoms with Crippen molar-refractivity contribution in [1.82, 2.24) is 20.2 Å². The first-order chi connectivity index (χ1) is 16.4. The van der Waals surface area contributed by atoms with Crippen molar-refractivity contribution in [3.05, 3.63) is 35.2 Å². The van der Waals surface area contributed by atoms with Gasteiger partial charge in [0.2, 0.25) is 0 Å². The van der Waals surface area contributed by atoms with Gasteiger partial charge >= 0.3 is 0 Å². The molecule has 5 heterocycles. The smallest absolute Gasteiger partial charge is 0.153 e. The average Bonchev–Trinajstić information content (AvgIpc) is 3.24. The summed E-state index contributed by atoms with van der Waals surface area (Å²) in [5.74, 6) is 3.15. The number of anilines is 3. The number of benzene rings is 1. The molecule has 2 aromatic rings. The van der Waals surface area contributed by atoms with Crippen molar-refractivity contribution in [3.63, 3.8) is 0 Å². The molecular formula is C24H32N6O3S. The van der Waals surface area contributed by atoms with Gasteiger partial charge in [-0.2, -0.15) is 0 Å². The lowest BCUT2D eigenvalue weighted by molar-refractivity contribution is 0.101. The Morgan fingerprint density at radius 2 is 1.94 bits per heavy atom. The third-order valence-electron chi connectivity index (χ3n) is 7.69. The van der Waals surface area contributed by atoms with Gasteiger partial charge < -0.3 is 20.3 Å². The number of ether oxygens (including phenoxy) is 1. The maximum Gasteiger partial charge on any atom is 0.153 e. The predicted molar refractivity (Wildman–Crippen MR) is 132 cm³/mol. The summed E-state index contributed by atoms with van der Waals surface area (Å²) >= 11 is 0. The second-order valence-electron chi connectivity index (χ2n) is 10.00. The largest absolute Gasteiger partial charge is 0.483 e. The van der Waals surface area contributed by atoms with Crippen LogP contribution in [0.25, 0.3) is 0 Å². The van der Waals surface area contributed by atoms with Crippen LogP contribution in [0.15, 0.2) is 18.5 Å². The van der Waals surface area contributed by atoms with Gasteiger partial charge in [-0.25, -0.2) is 18.4 Å². The van der Waals surface area contributed by atoms with E-state index in [2.05, 4.69) is 44.6 Å². The predicted octanol–water partition coefficient (Wildman–Crippen LogP) is 1.98. The number of nitrogens with zero attached hydrogens (tertiary/aromatic N) is 4. The van der Waals surface area contributed by atoms with E-state index in [1.807, 2.05) is 11.8 Å². The first kappa shape index (κ1) is 22.1. The van der Waals surface area contributed by atoms with Crippen LogP contribution in [-0.4, -0.2) is 80.1 Å². The van der Waals surface area contributed by atoms with Gasteiger partial charge in [0.25, 0.3) is 0 Å². The second-order valence-corrected chi connectivity index (χ2v) is 12.3. The number of aromatic nitrogens is 2. The molecule has 1 aromatic carbocycles. The Kier molecular flexibility index (Phi) is 5.42. The molecule has 10 heteroatoms.